The van der Waals surface area contributed by atoms with E-state index in [1.807, 2.05) is 38.1 Å². The van der Waals surface area contributed by atoms with Gasteiger partial charge in [-0.3, -0.25) is 4.79 Å². The minimum absolute atomic E-state index is 0.284. The smallest absolute Gasteiger partial charge is 0.340 e. The number of esters is 1. The lowest BCUT2D eigenvalue weighted by Crippen LogP contribution is -2.14. The van der Waals surface area contributed by atoms with Crippen molar-refractivity contribution >= 4 is 28.9 Å². The average Bonchev–Trinajstić information content (AvgIpc) is 2.68. The van der Waals surface area contributed by atoms with Crippen LogP contribution in [-0.2, 0) is 4.74 Å². The van der Waals surface area contributed by atoms with Gasteiger partial charge >= 0.3 is 5.97 Å². The largest absolute Gasteiger partial charge is 0.462 e. The molecule has 2 aromatic carbocycles. The Balaban J connectivity index is 1.72. The van der Waals surface area contributed by atoms with Gasteiger partial charge in [-0.15, -0.1) is 0 Å². The summed E-state index contributed by atoms with van der Waals surface area (Å²) in [5, 5.41) is 6.01. The van der Waals surface area contributed by atoms with Gasteiger partial charge in [0.2, 0.25) is 0 Å². The third-order valence-corrected chi connectivity index (χ3v) is 4.18. The molecule has 0 radical (unpaired) electrons. The Morgan fingerprint density at radius 3 is 2.34 bits per heavy atom. The molecular formula is C23H23N3O3. The van der Waals surface area contributed by atoms with Gasteiger partial charge in [-0.2, -0.15) is 0 Å². The molecule has 0 atom stereocenters. The molecule has 1 aromatic heterocycles. The van der Waals surface area contributed by atoms with Gasteiger partial charge in [0.1, 0.15) is 5.69 Å². The van der Waals surface area contributed by atoms with Crippen LogP contribution in [0.4, 0.5) is 17.1 Å². The normalized spacial score (nSPS) is 10.3. The summed E-state index contributed by atoms with van der Waals surface area (Å²) in [7, 11) is 0. The number of anilines is 3. The lowest BCUT2D eigenvalue weighted by molar-refractivity contribution is 0.0527. The summed E-state index contributed by atoms with van der Waals surface area (Å²) >= 11 is 0. The van der Waals surface area contributed by atoms with Gasteiger partial charge in [-0.05, 0) is 68.3 Å². The molecule has 6 nitrogen and oxygen atoms in total. The summed E-state index contributed by atoms with van der Waals surface area (Å²) in [6.07, 6.45) is 1.55. The van der Waals surface area contributed by atoms with E-state index in [2.05, 4.69) is 15.6 Å². The van der Waals surface area contributed by atoms with Crippen LogP contribution >= 0.6 is 0 Å². The first-order valence-electron chi connectivity index (χ1n) is 9.35. The SMILES string of the molecule is CCOC(=O)c1ccccc1Nc1ccc(C(=O)Nc2cc(C)cc(C)c2)nc1. The molecule has 3 aromatic rings. The summed E-state index contributed by atoms with van der Waals surface area (Å²) in [5.74, 6) is -0.679. The van der Waals surface area contributed by atoms with Crippen LogP contribution < -0.4 is 10.6 Å². The van der Waals surface area contributed by atoms with Crippen molar-refractivity contribution in [2.24, 2.45) is 0 Å². The highest BCUT2D eigenvalue weighted by molar-refractivity contribution is 6.03. The Morgan fingerprint density at radius 2 is 1.69 bits per heavy atom. The molecule has 0 spiro atoms. The molecule has 0 unspecified atom stereocenters. The summed E-state index contributed by atoms with van der Waals surface area (Å²) in [6.45, 7) is 6.03. The Labute approximate surface area is 169 Å². The van der Waals surface area contributed by atoms with E-state index in [0.717, 1.165) is 16.8 Å². The second kappa shape index (κ2) is 9.01. The van der Waals surface area contributed by atoms with Crippen LogP contribution in [0.15, 0.2) is 60.8 Å². The second-order valence-electron chi connectivity index (χ2n) is 6.65. The molecular weight excluding hydrogens is 366 g/mol. The first-order chi connectivity index (χ1) is 14.0. The molecule has 0 aliphatic carbocycles. The zero-order valence-corrected chi connectivity index (χ0v) is 16.7. The van der Waals surface area contributed by atoms with Crippen LogP contribution in [0.3, 0.4) is 0 Å². The molecule has 0 aliphatic heterocycles. The number of aryl methyl sites for hydroxylation is 2. The molecule has 0 saturated carbocycles. The number of amides is 1. The maximum absolute atomic E-state index is 12.5. The first-order valence-corrected chi connectivity index (χ1v) is 9.35. The van der Waals surface area contributed by atoms with Crippen molar-refractivity contribution in [2.45, 2.75) is 20.8 Å². The predicted molar refractivity (Wildman–Crippen MR) is 114 cm³/mol. The number of carbonyl (C=O) groups excluding carboxylic acids is 2. The summed E-state index contributed by atoms with van der Waals surface area (Å²) in [4.78, 5) is 28.8. The van der Waals surface area contributed by atoms with E-state index >= 15 is 0 Å². The number of rotatable bonds is 6. The molecule has 0 bridgehead atoms. The van der Waals surface area contributed by atoms with Crippen molar-refractivity contribution in [3.8, 4) is 0 Å². The van der Waals surface area contributed by atoms with Gasteiger partial charge in [0.05, 0.1) is 29.7 Å². The number of hydrogen-bond acceptors (Lipinski definition) is 5. The standard InChI is InChI=1S/C23H23N3O3/c1-4-29-23(28)19-7-5-6-8-20(19)25-17-9-10-21(24-14-17)22(27)26-18-12-15(2)11-16(3)13-18/h5-14,25H,4H2,1-3H3,(H,26,27). The van der Waals surface area contributed by atoms with E-state index in [1.165, 1.54) is 0 Å². The third kappa shape index (κ3) is 5.19. The highest BCUT2D eigenvalue weighted by atomic mass is 16.5. The molecule has 3 rings (SSSR count). The van der Waals surface area contributed by atoms with E-state index in [1.54, 1.807) is 43.5 Å². The lowest BCUT2D eigenvalue weighted by Gasteiger charge is -2.11. The number of benzene rings is 2. The van der Waals surface area contributed by atoms with E-state index in [9.17, 15) is 9.59 Å². The van der Waals surface area contributed by atoms with Gasteiger partial charge in [-0.25, -0.2) is 9.78 Å². The number of hydrogen-bond donors (Lipinski definition) is 2. The summed E-state index contributed by atoms with van der Waals surface area (Å²) in [5.41, 5.74) is 4.89. The number of para-hydroxylation sites is 1. The molecule has 6 heteroatoms. The van der Waals surface area contributed by atoms with Crippen LogP contribution in [0.1, 0.15) is 38.9 Å². The average molecular weight is 389 g/mol. The van der Waals surface area contributed by atoms with Gasteiger partial charge in [0, 0.05) is 5.69 Å². The monoisotopic (exact) mass is 389 g/mol. The quantitative estimate of drug-likeness (QED) is 0.588. The Bertz CT molecular complexity index is 1010. The lowest BCUT2D eigenvalue weighted by atomic mass is 10.1. The number of nitrogens with one attached hydrogen (secondary N) is 2. The summed E-state index contributed by atoms with van der Waals surface area (Å²) in [6, 6.07) is 16.3. The predicted octanol–water partition coefficient (Wildman–Crippen LogP) is 4.87. The number of pyridine rings is 1. The van der Waals surface area contributed by atoms with Crippen molar-refractivity contribution in [3.05, 3.63) is 83.2 Å². The van der Waals surface area contributed by atoms with E-state index in [-0.39, 0.29) is 5.91 Å². The van der Waals surface area contributed by atoms with Crippen molar-refractivity contribution < 1.29 is 14.3 Å². The zero-order valence-electron chi connectivity index (χ0n) is 16.7. The maximum atomic E-state index is 12.5. The van der Waals surface area contributed by atoms with Gasteiger partial charge in [0.25, 0.3) is 5.91 Å². The molecule has 1 amide bonds. The molecule has 2 N–H and O–H groups in total. The molecule has 0 saturated heterocycles. The van der Waals surface area contributed by atoms with Crippen molar-refractivity contribution in [2.75, 3.05) is 17.2 Å². The van der Waals surface area contributed by atoms with E-state index < -0.39 is 5.97 Å². The summed E-state index contributed by atoms with van der Waals surface area (Å²) < 4.78 is 5.08. The zero-order chi connectivity index (χ0) is 20.8. The highest BCUT2D eigenvalue weighted by Gasteiger charge is 2.13. The number of ether oxygens (including phenoxy) is 1. The van der Waals surface area contributed by atoms with Crippen LogP contribution in [0.5, 0.6) is 0 Å². The molecule has 148 valence electrons. The van der Waals surface area contributed by atoms with Crippen LogP contribution in [-0.4, -0.2) is 23.5 Å². The van der Waals surface area contributed by atoms with Crippen LogP contribution in [0.25, 0.3) is 0 Å². The minimum atomic E-state index is -0.395. The molecule has 0 fully saturated rings. The van der Waals surface area contributed by atoms with Crippen LogP contribution in [0.2, 0.25) is 0 Å². The number of nitrogens with zero attached hydrogens (tertiary/aromatic N) is 1. The second-order valence-corrected chi connectivity index (χ2v) is 6.65. The molecule has 0 aliphatic rings. The first kappa shape index (κ1) is 20.1. The van der Waals surface area contributed by atoms with Gasteiger partial charge in [-0.1, -0.05) is 18.2 Å². The van der Waals surface area contributed by atoms with E-state index in [0.29, 0.717) is 29.2 Å². The van der Waals surface area contributed by atoms with Crippen LogP contribution in [0, 0.1) is 13.8 Å². The van der Waals surface area contributed by atoms with Gasteiger partial charge in [0.15, 0.2) is 0 Å². The Kier molecular flexibility index (Phi) is 6.24. The molecule has 1 heterocycles. The van der Waals surface area contributed by atoms with Crippen molar-refractivity contribution in [3.63, 3.8) is 0 Å². The fourth-order valence-corrected chi connectivity index (χ4v) is 2.98. The Morgan fingerprint density at radius 1 is 0.966 bits per heavy atom. The fraction of sp³-hybridized carbons (Fsp3) is 0.174. The number of aromatic nitrogens is 1. The minimum Gasteiger partial charge on any atom is -0.462 e. The highest BCUT2D eigenvalue weighted by Crippen LogP contribution is 2.22. The number of carbonyl (C=O) groups is 2. The van der Waals surface area contributed by atoms with Crippen molar-refractivity contribution in [1.82, 2.24) is 4.98 Å². The topological polar surface area (TPSA) is 80.3 Å². The van der Waals surface area contributed by atoms with E-state index in [4.69, 9.17) is 4.74 Å². The third-order valence-electron chi connectivity index (χ3n) is 4.18. The van der Waals surface area contributed by atoms with Gasteiger partial charge < -0.3 is 15.4 Å². The molecule has 29 heavy (non-hydrogen) atoms. The maximum Gasteiger partial charge on any atom is 0.340 e. The Hall–Kier alpha value is -3.67. The van der Waals surface area contributed by atoms with Crippen molar-refractivity contribution in [1.29, 1.82) is 0 Å². The fourth-order valence-electron chi connectivity index (χ4n) is 2.98.